The molecule has 1 fully saturated rings. The van der Waals surface area contributed by atoms with Crippen LogP contribution in [0.4, 0.5) is 4.79 Å². The largest absolute Gasteiger partial charge is 0.367 e. The maximum Gasteiger partial charge on any atom is 0.328 e. The average Bonchev–Trinajstić information content (AvgIpc) is 2.95. The summed E-state index contributed by atoms with van der Waals surface area (Å²) < 4.78 is 1.51. The second kappa shape index (κ2) is 4.57. The first kappa shape index (κ1) is 13.1. The molecule has 0 bridgehead atoms. The molecule has 0 aliphatic carbocycles. The van der Waals surface area contributed by atoms with Crippen molar-refractivity contribution in [3.63, 3.8) is 0 Å². The van der Waals surface area contributed by atoms with Crippen LogP contribution in [0.5, 0.6) is 0 Å². The SMILES string of the molecule is O=C1NC(=O)C(O)(c2cccn2-c2ccccc2)C(=O)N1. The first-order valence-electron chi connectivity index (χ1n) is 6.16. The number of aliphatic hydroxyl groups is 1. The van der Waals surface area contributed by atoms with Crippen LogP contribution in [0.1, 0.15) is 5.69 Å². The summed E-state index contributed by atoms with van der Waals surface area (Å²) in [6.45, 7) is 0. The molecule has 0 atom stereocenters. The molecule has 21 heavy (non-hydrogen) atoms. The van der Waals surface area contributed by atoms with Crippen LogP contribution in [-0.4, -0.2) is 27.5 Å². The highest BCUT2D eigenvalue weighted by atomic mass is 16.3. The molecule has 3 rings (SSSR count). The lowest BCUT2D eigenvalue weighted by Crippen LogP contribution is -2.65. The number of hydrogen-bond donors (Lipinski definition) is 3. The Balaban J connectivity index is 2.13. The van der Waals surface area contributed by atoms with Gasteiger partial charge in [-0.3, -0.25) is 20.2 Å². The molecule has 1 aromatic heterocycles. The number of carbonyl (C=O) groups is 3. The van der Waals surface area contributed by atoms with Crippen LogP contribution in [0.15, 0.2) is 48.7 Å². The van der Waals surface area contributed by atoms with Gasteiger partial charge in [-0.05, 0) is 24.3 Å². The molecule has 0 saturated carbocycles. The highest BCUT2D eigenvalue weighted by molar-refractivity contribution is 6.21. The third-order valence-electron chi connectivity index (χ3n) is 3.27. The quantitative estimate of drug-likeness (QED) is 0.678. The van der Waals surface area contributed by atoms with Gasteiger partial charge in [-0.15, -0.1) is 0 Å². The van der Waals surface area contributed by atoms with Crippen molar-refractivity contribution in [2.24, 2.45) is 0 Å². The van der Waals surface area contributed by atoms with Crippen molar-refractivity contribution >= 4 is 17.8 Å². The number of barbiturate groups is 1. The highest BCUT2D eigenvalue weighted by Crippen LogP contribution is 2.27. The molecule has 106 valence electrons. The van der Waals surface area contributed by atoms with Crippen molar-refractivity contribution in [1.82, 2.24) is 15.2 Å². The van der Waals surface area contributed by atoms with E-state index in [0.29, 0.717) is 5.69 Å². The molecular formula is C14H11N3O4. The van der Waals surface area contributed by atoms with Gasteiger partial charge in [-0.2, -0.15) is 0 Å². The monoisotopic (exact) mass is 285 g/mol. The summed E-state index contributed by atoms with van der Waals surface area (Å²) in [6, 6.07) is 11.0. The summed E-state index contributed by atoms with van der Waals surface area (Å²) in [5, 5.41) is 14.3. The standard InChI is InChI=1S/C14H11N3O4/c18-11-14(21,12(19)16-13(20)15-11)10-7-4-8-17(10)9-5-2-1-3-6-9/h1-8,21H,(H2,15,16,18,19,20). The van der Waals surface area contributed by atoms with Gasteiger partial charge in [0.05, 0.1) is 5.69 Å². The minimum Gasteiger partial charge on any atom is -0.367 e. The van der Waals surface area contributed by atoms with E-state index in [1.165, 1.54) is 10.6 Å². The summed E-state index contributed by atoms with van der Waals surface area (Å²) in [4.78, 5) is 35.0. The molecule has 0 spiro atoms. The Morgan fingerprint density at radius 1 is 0.905 bits per heavy atom. The van der Waals surface area contributed by atoms with E-state index in [0.717, 1.165) is 0 Å². The minimum atomic E-state index is -2.47. The van der Waals surface area contributed by atoms with Gasteiger partial charge in [0.2, 0.25) is 0 Å². The van der Waals surface area contributed by atoms with E-state index in [2.05, 4.69) is 0 Å². The van der Waals surface area contributed by atoms with Gasteiger partial charge in [0.15, 0.2) is 0 Å². The van der Waals surface area contributed by atoms with Crippen molar-refractivity contribution in [2.75, 3.05) is 0 Å². The fourth-order valence-electron chi connectivity index (χ4n) is 2.24. The maximum absolute atomic E-state index is 12.0. The maximum atomic E-state index is 12.0. The molecule has 1 aliphatic heterocycles. The van der Waals surface area contributed by atoms with Crippen LogP contribution in [-0.2, 0) is 15.2 Å². The molecular weight excluding hydrogens is 274 g/mol. The second-order valence-corrected chi connectivity index (χ2v) is 4.55. The molecule has 4 amide bonds. The Kier molecular flexibility index (Phi) is 2.84. The van der Waals surface area contributed by atoms with E-state index in [1.54, 1.807) is 36.5 Å². The molecule has 0 unspecified atom stereocenters. The van der Waals surface area contributed by atoms with Crippen LogP contribution in [0.3, 0.4) is 0 Å². The fraction of sp³-hybridized carbons (Fsp3) is 0.0714. The smallest absolute Gasteiger partial charge is 0.328 e. The number of rotatable bonds is 2. The lowest BCUT2D eigenvalue weighted by molar-refractivity contribution is -0.156. The molecule has 1 saturated heterocycles. The van der Waals surface area contributed by atoms with Gasteiger partial charge in [0.1, 0.15) is 0 Å². The van der Waals surface area contributed by atoms with Gasteiger partial charge in [0, 0.05) is 11.9 Å². The van der Waals surface area contributed by atoms with Crippen LogP contribution in [0.25, 0.3) is 5.69 Å². The number of amides is 4. The van der Waals surface area contributed by atoms with E-state index in [9.17, 15) is 19.5 Å². The number of nitrogens with zero attached hydrogens (tertiary/aromatic N) is 1. The molecule has 1 aromatic carbocycles. The molecule has 1 aliphatic rings. The van der Waals surface area contributed by atoms with Crippen molar-refractivity contribution in [3.8, 4) is 5.69 Å². The summed E-state index contributed by atoms with van der Waals surface area (Å²) in [7, 11) is 0. The van der Waals surface area contributed by atoms with Crippen LogP contribution in [0.2, 0.25) is 0 Å². The van der Waals surface area contributed by atoms with E-state index < -0.39 is 23.4 Å². The zero-order valence-electron chi connectivity index (χ0n) is 10.7. The molecule has 2 aromatic rings. The predicted octanol–water partition coefficient (Wildman–Crippen LogP) is 0.0309. The highest BCUT2D eigenvalue weighted by Gasteiger charge is 2.52. The first-order valence-corrected chi connectivity index (χ1v) is 6.16. The molecule has 7 heteroatoms. The van der Waals surface area contributed by atoms with Gasteiger partial charge >= 0.3 is 6.03 Å². The van der Waals surface area contributed by atoms with Crippen LogP contribution >= 0.6 is 0 Å². The topological polar surface area (TPSA) is 100 Å². The van der Waals surface area contributed by atoms with Crippen molar-refractivity contribution < 1.29 is 19.5 Å². The number of imide groups is 2. The summed E-state index contributed by atoms with van der Waals surface area (Å²) in [6.07, 6.45) is 1.61. The molecule has 0 radical (unpaired) electrons. The van der Waals surface area contributed by atoms with Crippen molar-refractivity contribution in [2.45, 2.75) is 5.60 Å². The normalized spacial score (nSPS) is 17.3. The average molecular weight is 285 g/mol. The van der Waals surface area contributed by atoms with Crippen molar-refractivity contribution in [3.05, 3.63) is 54.4 Å². The Labute approximate surface area is 119 Å². The molecule has 3 N–H and O–H groups in total. The summed E-state index contributed by atoms with van der Waals surface area (Å²) >= 11 is 0. The van der Waals surface area contributed by atoms with Gasteiger partial charge in [-0.1, -0.05) is 18.2 Å². The number of urea groups is 1. The van der Waals surface area contributed by atoms with Gasteiger partial charge in [0.25, 0.3) is 17.4 Å². The number of hydrogen-bond acceptors (Lipinski definition) is 4. The van der Waals surface area contributed by atoms with Crippen LogP contribution < -0.4 is 10.6 Å². The predicted molar refractivity (Wildman–Crippen MR) is 71.3 cm³/mol. The second-order valence-electron chi connectivity index (χ2n) is 4.55. The van der Waals surface area contributed by atoms with E-state index in [1.807, 2.05) is 16.7 Å². The Morgan fingerprint density at radius 3 is 2.14 bits per heavy atom. The van der Waals surface area contributed by atoms with E-state index in [-0.39, 0.29) is 5.69 Å². The zero-order valence-corrected chi connectivity index (χ0v) is 10.7. The number of benzene rings is 1. The van der Waals surface area contributed by atoms with Gasteiger partial charge in [-0.25, -0.2) is 4.79 Å². The van der Waals surface area contributed by atoms with E-state index in [4.69, 9.17) is 0 Å². The number of para-hydroxylation sites is 1. The Morgan fingerprint density at radius 2 is 1.52 bits per heavy atom. The third-order valence-corrected chi connectivity index (χ3v) is 3.27. The zero-order chi connectivity index (χ0) is 15.0. The molecule has 7 nitrogen and oxygen atoms in total. The molecule has 2 heterocycles. The van der Waals surface area contributed by atoms with Crippen LogP contribution in [0, 0.1) is 0 Å². The summed E-state index contributed by atoms with van der Waals surface area (Å²) in [5.74, 6) is -2.15. The first-order chi connectivity index (χ1) is 10.0. The Bertz CT molecular complexity index is 716. The lowest BCUT2D eigenvalue weighted by Gasteiger charge is -2.29. The minimum absolute atomic E-state index is 0.0520. The third kappa shape index (κ3) is 1.91. The number of aromatic nitrogens is 1. The van der Waals surface area contributed by atoms with E-state index >= 15 is 0 Å². The number of carbonyl (C=O) groups excluding carboxylic acids is 3. The number of nitrogens with one attached hydrogen (secondary N) is 2. The Hall–Kier alpha value is -2.93. The lowest BCUT2D eigenvalue weighted by atomic mass is 9.95. The van der Waals surface area contributed by atoms with Crippen molar-refractivity contribution in [1.29, 1.82) is 0 Å². The summed E-state index contributed by atoms with van der Waals surface area (Å²) in [5.41, 5.74) is -1.74. The van der Waals surface area contributed by atoms with Gasteiger partial charge < -0.3 is 9.67 Å². The fourth-order valence-corrected chi connectivity index (χ4v) is 2.24.